The van der Waals surface area contributed by atoms with Crippen molar-refractivity contribution in [2.45, 2.75) is 71.1 Å². The summed E-state index contributed by atoms with van der Waals surface area (Å²) in [5.74, 6) is -1.30. The van der Waals surface area contributed by atoms with E-state index in [1.54, 1.807) is 0 Å². The third-order valence-corrected chi connectivity index (χ3v) is 11.0. The van der Waals surface area contributed by atoms with Crippen molar-refractivity contribution in [2.24, 2.45) is 0 Å². The Morgan fingerprint density at radius 3 is 2.19 bits per heavy atom. The molecule has 1 fully saturated rings. The minimum Gasteiger partial charge on any atom is -0.501 e. The zero-order valence-corrected chi connectivity index (χ0v) is 35.7. The van der Waals surface area contributed by atoms with Crippen LogP contribution < -0.4 is 0 Å². The number of fused-ring (bicyclic) bond motifs is 4. The van der Waals surface area contributed by atoms with Gasteiger partial charge < -0.3 is 14.0 Å². The molecule has 1 saturated carbocycles. The van der Waals surface area contributed by atoms with Crippen LogP contribution in [0.3, 0.4) is 0 Å². The number of nitrogens with zero attached hydrogens (tertiary/aromatic N) is 3. The minimum absolute atomic E-state index is 0. The summed E-state index contributed by atoms with van der Waals surface area (Å²) in [6.45, 7) is 7.56. The zero-order valence-electron chi connectivity index (χ0n) is 36.3. The molecule has 0 amide bonds. The van der Waals surface area contributed by atoms with Crippen LogP contribution in [0.25, 0.3) is 72.4 Å². The molecule has 0 atom stereocenters. The average Bonchev–Trinajstić information content (AvgIpc) is 3.99. The Kier molecular flexibility index (Phi) is 10.5. The summed E-state index contributed by atoms with van der Waals surface area (Å²) in [7, 11) is 0. The van der Waals surface area contributed by atoms with Gasteiger partial charge in [0.1, 0.15) is 5.58 Å². The van der Waals surface area contributed by atoms with E-state index in [0.717, 1.165) is 115 Å². The molecule has 1 aliphatic rings. The summed E-state index contributed by atoms with van der Waals surface area (Å²) in [6, 6.07) is 53.1. The first kappa shape index (κ1) is 35.5. The Balaban J connectivity index is 0.000000166. The van der Waals surface area contributed by atoms with Crippen LogP contribution in [-0.2, 0) is 20.1 Å². The summed E-state index contributed by atoms with van der Waals surface area (Å²) in [4.78, 5) is 9.54. The molecule has 5 heteroatoms. The summed E-state index contributed by atoms with van der Waals surface area (Å²) in [5, 5.41) is 2.19. The molecular weight excluding hydrogens is 887 g/mol. The molecule has 3 heterocycles. The van der Waals surface area contributed by atoms with Gasteiger partial charge >= 0.3 is 0 Å². The Hall–Kier alpha value is -5.61. The number of rotatable bonds is 7. The fourth-order valence-electron chi connectivity index (χ4n) is 8.17. The second kappa shape index (κ2) is 17.1. The Morgan fingerprint density at radius 2 is 1.45 bits per heavy atom. The second-order valence-electron chi connectivity index (χ2n) is 15.2. The second-order valence-corrected chi connectivity index (χ2v) is 15.2. The summed E-state index contributed by atoms with van der Waals surface area (Å²) in [5.41, 5.74) is 12.1. The molecule has 0 unspecified atom stereocenters. The maximum atomic E-state index is 8.80. The number of benzene rings is 6. The quantitative estimate of drug-likeness (QED) is 0.150. The largest absolute Gasteiger partial charge is 0.501 e. The van der Waals surface area contributed by atoms with Gasteiger partial charge in [-0.05, 0) is 88.3 Å². The first-order chi connectivity index (χ1) is 28.9. The van der Waals surface area contributed by atoms with Gasteiger partial charge in [0, 0.05) is 41.5 Å². The van der Waals surface area contributed by atoms with E-state index in [-0.39, 0.29) is 20.1 Å². The van der Waals surface area contributed by atoms with Crippen LogP contribution in [0.5, 0.6) is 0 Å². The monoisotopic (exact) mass is 937 g/mol. The van der Waals surface area contributed by atoms with Crippen LogP contribution in [0, 0.1) is 12.1 Å². The van der Waals surface area contributed by atoms with Crippen LogP contribution in [0.1, 0.15) is 91.9 Å². The summed E-state index contributed by atoms with van der Waals surface area (Å²) < 4.78 is 34.6. The molecule has 1 aliphatic carbocycles. The third kappa shape index (κ3) is 7.57. The van der Waals surface area contributed by atoms with Crippen molar-refractivity contribution >= 4 is 33.0 Å². The van der Waals surface area contributed by atoms with E-state index in [2.05, 4.69) is 58.1 Å². The van der Waals surface area contributed by atoms with Crippen molar-refractivity contribution in [1.82, 2.24) is 14.5 Å². The van der Waals surface area contributed by atoms with Crippen molar-refractivity contribution in [3.05, 3.63) is 175 Å². The van der Waals surface area contributed by atoms with Crippen LogP contribution in [0.15, 0.2) is 150 Å². The van der Waals surface area contributed by atoms with Gasteiger partial charge in [0.15, 0.2) is 0 Å². The predicted octanol–water partition coefficient (Wildman–Crippen LogP) is 14.5. The maximum absolute atomic E-state index is 8.80. The number of hydrogen-bond acceptors (Lipinski definition) is 3. The van der Waals surface area contributed by atoms with E-state index < -0.39 is 17.7 Å². The topological polar surface area (TPSA) is 43.9 Å². The van der Waals surface area contributed by atoms with Crippen molar-refractivity contribution in [3.8, 4) is 39.5 Å². The van der Waals surface area contributed by atoms with E-state index in [4.69, 9.17) is 13.5 Å². The molecule has 4 nitrogen and oxygen atoms in total. The smallest absolute Gasteiger partial charge is 0.120 e. The SMILES string of the molecule is [2H]C(C)(C)c1cccc(C([2H])(C)C)c1-n1c(-c2[c-]cccc2)nc2ccccc21.[2H]C1(c2ccc(-c3ccnc(-c4[c-]ccc5c4oc4ccccc45)c3)cc2)CCCC1.[Ir]. The number of furan rings is 1. The Labute approximate surface area is 359 Å². The maximum Gasteiger partial charge on any atom is 0.120 e. The van der Waals surface area contributed by atoms with Crippen molar-refractivity contribution in [1.29, 1.82) is 0 Å². The minimum atomic E-state index is -0.834. The Bertz CT molecular complexity index is 2940. The van der Waals surface area contributed by atoms with Crippen molar-refractivity contribution in [3.63, 3.8) is 0 Å². The van der Waals surface area contributed by atoms with Crippen molar-refractivity contribution < 1.29 is 28.6 Å². The summed E-state index contributed by atoms with van der Waals surface area (Å²) >= 11 is 0. The summed E-state index contributed by atoms with van der Waals surface area (Å²) in [6.07, 6.45) is 6.08. The molecule has 0 N–H and O–H groups in total. The van der Waals surface area contributed by atoms with Gasteiger partial charge in [0.2, 0.25) is 0 Å². The molecule has 9 aromatic rings. The van der Waals surface area contributed by atoms with Crippen LogP contribution in [-0.4, -0.2) is 14.5 Å². The number of pyridine rings is 1. The molecule has 291 valence electrons. The number of hydrogen-bond donors (Lipinski definition) is 0. The van der Waals surface area contributed by atoms with E-state index in [0.29, 0.717) is 0 Å². The molecule has 58 heavy (non-hydrogen) atoms. The van der Waals surface area contributed by atoms with Gasteiger partial charge in [-0.2, -0.15) is 0 Å². The predicted molar refractivity (Wildman–Crippen MR) is 236 cm³/mol. The third-order valence-electron chi connectivity index (χ3n) is 11.0. The molecule has 3 aromatic heterocycles. The van der Waals surface area contributed by atoms with Gasteiger partial charge in [0.25, 0.3) is 0 Å². The fourth-order valence-corrected chi connectivity index (χ4v) is 8.17. The van der Waals surface area contributed by atoms with Crippen LogP contribution in [0.4, 0.5) is 0 Å². The van der Waals surface area contributed by atoms with Gasteiger partial charge in [-0.25, -0.2) is 0 Å². The van der Waals surface area contributed by atoms with E-state index in [9.17, 15) is 0 Å². The van der Waals surface area contributed by atoms with E-state index in [1.807, 2.05) is 137 Å². The van der Waals surface area contributed by atoms with Gasteiger partial charge in [-0.3, -0.25) is 4.98 Å². The number of para-hydroxylation sites is 4. The Morgan fingerprint density at radius 1 is 0.724 bits per heavy atom. The van der Waals surface area contributed by atoms with Gasteiger partial charge in [0.05, 0.1) is 22.4 Å². The number of aromatic nitrogens is 3. The first-order valence-electron chi connectivity index (χ1n) is 21.4. The van der Waals surface area contributed by atoms with E-state index >= 15 is 0 Å². The standard InChI is InChI=1S/C28H22NO.C25H25N2.Ir/c1-2-7-19(6-1)20-12-14-21(15-13-20)22-16-17-29-26(18-22)25-10-5-9-24-23-8-3-4-11-27(23)30-28(24)25;1-17(2)20-13-10-14-21(18(3)4)24(20)27-23-16-9-8-15-22(23)26-25(27)19-11-6-5-7-12-19;/h3-5,8-9,11-19H,1-2,6-7H2;5-11,13-18H,1-4H3;/q2*-1;/i19D;17D,18D;. The average molecular weight is 937 g/mol. The molecule has 0 spiro atoms. The molecule has 0 aliphatic heterocycles. The molecule has 0 bridgehead atoms. The number of imidazole rings is 1. The van der Waals surface area contributed by atoms with Crippen LogP contribution >= 0.6 is 0 Å². The van der Waals surface area contributed by atoms with Gasteiger partial charge in [-0.15, -0.1) is 54.1 Å². The molecule has 6 aromatic carbocycles. The molecule has 10 rings (SSSR count). The molecular formula is C53H47IrN3O-2. The van der Waals surface area contributed by atoms with Crippen LogP contribution in [0.2, 0.25) is 0 Å². The normalized spacial score (nSPS) is 14.7. The molecule has 0 saturated heterocycles. The van der Waals surface area contributed by atoms with E-state index in [1.165, 1.54) is 0 Å². The van der Waals surface area contributed by atoms with Crippen molar-refractivity contribution in [2.75, 3.05) is 0 Å². The van der Waals surface area contributed by atoms with Gasteiger partial charge in [-0.1, -0.05) is 130 Å². The zero-order chi connectivity index (χ0) is 41.6. The first-order valence-corrected chi connectivity index (χ1v) is 19.9. The molecule has 1 radical (unpaired) electrons. The fraction of sp³-hybridized carbons (Fsp3) is 0.208.